The van der Waals surface area contributed by atoms with Crippen LogP contribution >= 0.6 is 0 Å². The van der Waals surface area contributed by atoms with Crippen molar-refractivity contribution in [2.75, 3.05) is 20.2 Å². The second kappa shape index (κ2) is 8.78. The maximum Gasteiger partial charge on any atom is 0.244 e. The highest BCUT2D eigenvalue weighted by Crippen LogP contribution is 2.31. The topological polar surface area (TPSA) is 66.9 Å². The first-order valence-corrected chi connectivity index (χ1v) is 12.0. The molecule has 160 valence electrons. The van der Waals surface area contributed by atoms with Crippen LogP contribution in [0, 0.1) is 0 Å². The minimum atomic E-state index is -3.84. The summed E-state index contributed by atoms with van der Waals surface area (Å²) in [6, 6.07) is 13.4. The molecule has 4 rings (SSSR count). The summed E-state index contributed by atoms with van der Waals surface area (Å²) in [5.74, 6) is 0.513. The number of sulfonamides is 1. The van der Waals surface area contributed by atoms with Crippen LogP contribution in [0.2, 0.25) is 0 Å². The van der Waals surface area contributed by atoms with E-state index in [1.54, 1.807) is 31.4 Å². The van der Waals surface area contributed by atoms with Gasteiger partial charge in [0.1, 0.15) is 11.8 Å². The second-order valence-electron chi connectivity index (χ2n) is 7.95. The predicted octanol–water partition coefficient (Wildman–Crippen LogP) is 3.21. The molecular formula is C23H28N2O4S. The summed E-state index contributed by atoms with van der Waals surface area (Å²) in [5, 5.41) is 0. The van der Waals surface area contributed by atoms with Gasteiger partial charge in [0.05, 0.1) is 12.0 Å². The summed E-state index contributed by atoms with van der Waals surface area (Å²) < 4.78 is 33.7. The molecule has 0 bridgehead atoms. The molecule has 1 atom stereocenters. The van der Waals surface area contributed by atoms with E-state index in [0.29, 0.717) is 25.3 Å². The summed E-state index contributed by atoms with van der Waals surface area (Å²) >= 11 is 0. The van der Waals surface area contributed by atoms with Gasteiger partial charge in [-0.15, -0.1) is 0 Å². The lowest BCUT2D eigenvalue weighted by Gasteiger charge is -2.37. The second-order valence-corrected chi connectivity index (χ2v) is 9.84. The van der Waals surface area contributed by atoms with Gasteiger partial charge in [0.15, 0.2) is 0 Å². The third kappa shape index (κ3) is 4.09. The van der Waals surface area contributed by atoms with E-state index >= 15 is 0 Å². The van der Waals surface area contributed by atoms with Crippen molar-refractivity contribution in [2.45, 2.75) is 49.6 Å². The van der Waals surface area contributed by atoms with Crippen molar-refractivity contribution in [3.8, 4) is 5.75 Å². The van der Waals surface area contributed by atoms with Crippen LogP contribution in [0.5, 0.6) is 5.75 Å². The van der Waals surface area contributed by atoms with Gasteiger partial charge in [-0.2, -0.15) is 4.31 Å². The van der Waals surface area contributed by atoms with Gasteiger partial charge in [-0.3, -0.25) is 4.79 Å². The molecule has 1 saturated heterocycles. The largest absolute Gasteiger partial charge is 0.497 e. The van der Waals surface area contributed by atoms with Crippen molar-refractivity contribution in [3.05, 3.63) is 59.7 Å². The Bertz CT molecular complexity index is 996. The van der Waals surface area contributed by atoms with Gasteiger partial charge in [0, 0.05) is 19.6 Å². The zero-order valence-electron chi connectivity index (χ0n) is 17.3. The predicted molar refractivity (Wildman–Crippen MR) is 115 cm³/mol. The van der Waals surface area contributed by atoms with Crippen LogP contribution in [0.15, 0.2) is 53.4 Å². The molecule has 0 unspecified atom stereocenters. The molecule has 0 N–H and O–H groups in total. The monoisotopic (exact) mass is 428 g/mol. The molecule has 2 aromatic carbocycles. The number of amides is 1. The fraction of sp³-hybridized carbons (Fsp3) is 0.435. The molecule has 0 radical (unpaired) electrons. The van der Waals surface area contributed by atoms with Crippen molar-refractivity contribution in [3.63, 3.8) is 0 Å². The Morgan fingerprint density at radius 1 is 0.933 bits per heavy atom. The number of carbonyl (C=O) groups excluding carboxylic acids is 1. The zero-order valence-corrected chi connectivity index (χ0v) is 18.1. The Kier molecular flexibility index (Phi) is 6.11. The smallest absolute Gasteiger partial charge is 0.244 e. The van der Waals surface area contributed by atoms with Gasteiger partial charge >= 0.3 is 0 Å². The van der Waals surface area contributed by atoms with Crippen LogP contribution < -0.4 is 4.74 Å². The lowest BCUT2D eigenvalue weighted by Crippen LogP contribution is -2.53. The van der Waals surface area contributed by atoms with E-state index < -0.39 is 16.1 Å². The number of fused-ring (bicyclic) bond motifs is 1. The van der Waals surface area contributed by atoms with Crippen molar-refractivity contribution in [2.24, 2.45) is 0 Å². The van der Waals surface area contributed by atoms with E-state index in [9.17, 15) is 13.2 Å². The lowest BCUT2D eigenvalue weighted by molar-refractivity contribution is -0.135. The quantitative estimate of drug-likeness (QED) is 0.750. The molecule has 0 saturated carbocycles. The highest BCUT2D eigenvalue weighted by Gasteiger charge is 2.41. The van der Waals surface area contributed by atoms with E-state index in [4.69, 9.17) is 4.74 Å². The van der Waals surface area contributed by atoms with Crippen LogP contribution in [0.25, 0.3) is 0 Å². The van der Waals surface area contributed by atoms with Gasteiger partial charge in [-0.25, -0.2) is 8.42 Å². The van der Waals surface area contributed by atoms with Crippen LogP contribution in [0.4, 0.5) is 0 Å². The van der Waals surface area contributed by atoms with Gasteiger partial charge in [-0.05, 0) is 54.7 Å². The van der Waals surface area contributed by atoms with Crippen LogP contribution in [-0.4, -0.2) is 49.8 Å². The van der Waals surface area contributed by atoms with Crippen molar-refractivity contribution in [1.82, 2.24) is 9.21 Å². The highest BCUT2D eigenvalue weighted by molar-refractivity contribution is 7.89. The van der Waals surface area contributed by atoms with Gasteiger partial charge in [0.2, 0.25) is 15.9 Å². The number of hydrogen-bond acceptors (Lipinski definition) is 4. The molecule has 2 aliphatic heterocycles. The molecule has 0 aliphatic carbocycles. The Morgan fingerprint density at radius 3 is 2.20 bits per heavy atom. The molecule has 0 aromatic heterocycles. The third-order valence-corrected chi connectivity index (χ3v) is 7.94. The Labute approximate surface area is 178 Å². The van der Waals surface area contributed by atoms with E-state index in [2.05, 4.69) is 0 Å². The number of rotatable bonds is 4. The average Bonchev–Trinajstić information content (AvgIpc) is 3.07. The number of hydrogen-bond donors (Lipinski definition) is 0. The van der Waals surface area contributed by atoms with E-state index in [1.165, 1.54) is 4.31 Å². The summed E-state index contributed by atoms with van der Waals surface area (Å²) in [5.41, 5.74) is 2.00. The minimum Gasteiger partial charge on any atom is -0.497 e. The third-order valence-electron chi connectivity index (χ3n) is 6.07. The van der Waals surface area contributed by atoms with Gasteiger partial charge in [-0.1, -0.05) is 37.1 Å². The Balaban J connectivity index is 1.70. The average molecular weight is 429 g/mol. The number of ether oxygens (including phenoxy) is 1. The zero-order chi connectivity index (χ0) is 21.1. The summed E-state index contributed by atoms with van der Waals surface area (Å²) in [6.45, 7) is 1.61. The maximum absolute atomic E-state index is 13.6. The van der Waals surface area contributed by atoms with Crippen LogP contribution in [0.1, 0.15) is 36.8 Å². The number of benzene rings is 2. The first-order chi connectivity index (χ1) is 14.5. The fourth-order valence-electron chi connectivity index (χ4n) is 4.35. The molecule has 6 nitrogen and oxygen atoms in total. The number of nitrogens with zero attached hydrogens (tertiary/aromatic N) is 2. The van der Waals surface area contributed by atoms with E-state index in [0.717, 1.165) is 36.8 Å². The lowest BCUT2D eigenvalue weighted by atomic mass is 9.95. The normalized spacial score (nSPS) is 20.3. The molecule has 30 heavy (non-hydrogen) atoms. The van der Waals surface area contributed by atoms with E-state index in [1.807, 2.05) is 29.2 Å². The van der Waals surface area contributed by atoms with Crippen LogP contribution in [-0.2, 0) is 27.8 Å². The number of likely N-dealkylation sites (tertiary alicyclic amines) is 1. The molecule has 0 spiro atoms. The molecule has 1 amide bonds. The summed E-state index contributed by atoms with van der Waals surface area (Å²) in [4.78, 5) is 15.5. The van der Waals surface area contributed by atoms with Crippen LogP contribution in [0.3, 0.4) is 0 Å². The molecular weight excluding hydrogens is 400 g/mol. The van der Waals surface area contributed by atoms with Crippen molar-refractivity contribution in [1.29, 1.82) is 0 Å². The fourth-order valence-corrected chi connectivity index (χ4v) is 5.91. The molecule has 2 aliphatic rings. The standard InChI is InChI=1S/C23H28N2O4S/c1-29-20-10-12-21(13-11-20)30(27,28)25-17-19-9-5-4-8-18(19)16-22(25)23(26)24-14-6-2-3-7-15-24/h4-5,8-13,22H,2-3,6-7,14-17H2,1H3/t22-/m1/s1. The Morgan fingerprint density at radius 2 is 1.57 bits per heavy atom. The molecule has 7 heteroatoms. The van der Waals surface area contributed by atoms with Gasteiger partial charge in [0.25, 0.3) is 0 Å². The van der Waals surface area contributed by atoms with E-state index in [-0.39, 0.29) is 17.3 Å². The molecule has 2 aromatic rings. The maximum atomic E-state index is 13.6. The minimum absolute atomic E-state index is 0.0801. The molecule has 1 fully saturated rings. The van der Waals surface area contributed by atoms with Crippen molar-refractivity contribution < 1.29 is 17.9 Å². The molecule has 2 heterocycles. The SMILES string of the molecule is COc1ccc(S(=O)(=O)N2Cc3ccccc3C[C@@H]2C(=O)N2CCCCCC2)cc1. The number of methoxy groups -OCH3 is 1. The first-order valence-electron chi connectivity index (χ1n) is 10.5. The summed E-state index contributed by atoms with van der Waals surface area (Å²) in [7, 11) is -2.30. The first kappa shape index (κ1) is 20.9. The Hall–Kier alpha value is -2.38. The van der Waals surface area contributed by atoms with Gasteiger partial charge < -0.3 is 9.64 Å². The highest BCUT2D eigenvalue weighted by atomic mass is 32.2. The number of carbonyl (C=O) groups is 1. The van der Waals surface area contributed by atoms with Crippen molar-refractivity contribution >= 4 is 15.9 Å². The summed E-state index contributed by atoms with van der Waals surface area (Å²) in [6.07, 6.45) is 4.58.